The predicted molar refractivity (Wildman–Crippen MR) is 101 cm³/mol. The smallest absolute Gasteiger partial charge is 0.497 e. The van der Waals surface area contributed by atoms with Crippen LogP contribution in [-0.2, 0) is 0 Å². The third-order valence-electron chi connectivity index (χ3n) is 4.42. The van der Waals surface area contributed by atoms with Crippen molar-refractivity contribution in [3.8, 4) is 22.6 Å². The Kier molecular flexibility index (Phi) is 4.01. The summed E-state index contributed by atoms with van der Waals surface area (Å²) in [6.45, 7) is 1.95. The van der Waals surface area contributed by atoms with Gasteiger partial charge in [0, 0.05) is 12.1 Å². The number of aryl methyl sites for hydroxylation is 1. The number of fused-ring (bicyclic) bond motifs is 1. The summed E-state index contributed by atoms with van der Waals surface area (Å²) in [6.07, 6.45) is 1.82. The maximum Gasteiger partial charge on any atom is 0.608 e. The minimum absolute atomic E-state index is 0.418. The van der Waals surface area contributed by atoms with Gasteiger partial charge < -0.3 is 9.15 Å². The highest BCUT2D eigenvalue weighted by Gasteiger charge is 2.17. The van der Waals surface area contributed by atoms with E-state index in [9.17, 15) is 4.79 Å². The standard InChI is InChI=1S/C22H18NO3/c1-15-12-17(16-6-4-3-5-7-16)13-18-14-23(22(24)26-21(15)18)19-8-10-20(25-2)11-9-19/h3-14H,1-2H3/q+1. The Morgan fingerprint density at radius 2 is 1.65 bits per heavy atom. The van der Waals surface area contributed by atoms with E-state index in [0.29, 0.717) is 5.58 Å². The van der Waals surface area contributed by atoms with Crippen molar-refractivity contribution in [2.45, 2.75) is 6.92 Å². The van der Waals surface area contributed by atoms with Gasteiger partial charge >= 0.3 is 5.76 Å². The van der Waals surface area contributed by atoms with Crippen LogP contribution in [0.2, 0.25) is 0 Å². The van der Waals surface area contributed by atoms with E-state index in [1.54, 1.807) is 7.11 Å². The molecule has 0 radical (unpaired) electrons. The lowest BCUT2D eigenvalue weighted by Crippen LogP contribution is -2.46. The second-order valence-electron chi connectivity index (χ2n) is 6.14. The van der Waals surface area contributed by atoms with Crippen molar-refractivity contribution >= 4 is 11.0 Å². The Morgan fingerprint density at radius 3 is 2.35 bits per heavy atom. The van der Waals surface area contributed by atoms with Crippen molar-refractivity contribution in [2.24, 2.45) is 0 Å². The van der Waals surface area contributed by atoms with Gasteiger partial charge in [0.1, 0.15) is 5.75 Å². The third kappa shape index (κ3) is 2.86. The molecule has 0 amide bonds. The summed E-state index contributed by atoms with van der Waals surface area (Å²) in [4.78, 5) is 12.5. The quantitative estimate of drug-likeness (QED) is 0.527. The second-order valence-corrected chi connectivity index (χ2v) is 6.14. The van der Waals surface area contributed by atoms with E-state index in [2.05, 4.69) is 12.1 Å². The summed E-state index contributed by atoms with van der Waals surface area (Å²) < 4.78 is 12.3. The number of benzene rings is 3. The van der Waals surface area contributed by atoms with Crippen LogP contribution in [0.3, 0.4) is 0 Å². The number of nitrogens with zero attached hydrogens (tertiary/aromatic N) is 1. The van der Waals surface area contributed by atoms with E-state index in [4.69, 9.17) is 9.15 Å². The van der Waals surface area contributed by atoms with Crippen LogP contribution >= 0.6 is 0 Å². The maximum atomic E-state index is 12.5. The maximum absolute atomic E-state index is 12.5. The van der Waals surface area contributed by atoms with Crippen molar-refractivity contribution < 1.29 is 13.7 Å². The Labute approximate surface area is 150 Å². The van der Waals surface area contributed by atoms with Gasteiger partial charge in [-0.2, -0.15) is 4.79 Å². The molecule has 0 saturated carbocycles. The van der Waals surface area contributed by atoms with Crippen LogP contribution in [0.4, 0.5) is 0 Å². The number of aromatic nitrogens is 1. The molecule has 4 heteroatoms. The number of rotatable bonds is 3. The monoisotopic (exact) mass is 344 g/mol. The molecule has 0 spiro atoms. The fourth-order valence-electron chi connectivity index (χ4n) is 3.08. The van der Waals surface area contributed by atoms with Gasteiger partial charge in [-0.15, -0.1) is 0 Å². The van der Waals surface area contributed by atoms with E-state index >= 15 is 0 Å². The lowest BCUT2D eigenvalue weighted by atomic mass is 10.0. The SMILES string of the molecule is COc1ccc(-[n+]2cc3cc(-c4ccccc4)cc(C)c3oc2=O)cc1. The normalized spacial score (nSPS) is 10.8. The summed E-state index contributed by atoms with van der Waals surface area (Å²) in [5.74, 6) is 0.319. The number of methoxy groups -OCH3 is 1. The zero-order valence-corrected chi connectivity index (χ0v) is 14.6. The van der Waals surface area contributed by atoms with Crippen molar-refractivity contribution in [3.05, 3.63) is 89.0 Å². The molecule has 0 atom stereocenters. The molecular weight excluding hydrogens is 326 g/mol. The van der Waals surface area contributed by atoms with E-state index in [1.165, 1.54) is 4.57 Å². The molecule has 1 heterocycles. The van der Waals surface area contributed by atoms with E-state index in [1.807, 2.05) is 67.7 Å². The molecule has 0 aliphatic carbocycles. The van der Waals surface area contributed by atoms with Crippen LogP contribution in [0.15, 0.2) is 82.1 Å². The highest BCUT2D eigenvalue weighted by Crippen LogP contribution is 2.26. The first-order chi connectivity index (χ1) is 12.7. The number of hydrogen-bond donors (Lipinski definition) is 0. The minimum Gasteiger partial charge on any atom is -0.497 e. The molecule has 0 bridgehead atoms. The molecule has 4 rings (SSSR count). The lowest BCUT2D eigenvalue weighted by molar-refractivity contribution is -0.623. The molecule has 26 heavy (non-hydrogen) atoms. The first-order valence-corrected chi connectivity index (χ1v) is 8.36. The van der Waals surface area contributed by atoms with Gasteiger partial charge in [-0.25, -0.2) is 0 Å². The zero-order chi connectivity index (χ0) is 18.1. The predicted octanol–water partition coefficient (Wildman–Crippen LogP) is 4.05. The van der Waals surface area contributed by atoms with Crippen LogP contribution < -0.4 is 15.1 Å². The third-order valence-corrected chi connectivity index (χ3v) is 4.42. The largest absolute Gasteiger partial charge is 0.608 e. The van der Waals surface area contributed by atoms with Gasteiger partial charge in [0.25, 0.3) is 0 Å². The molecule has 0 unspecified atom stereocenters. The zero-order valence-electron chi connectivity index (χ0n) is 14.6. The average Bonchev–Trinajstić information content (AvgIpc) is 2.69. The summed E-state index contributed by atoms with van der Waals surface area (Å²) >= 11 is 0. The molecule has 128 valence electrons. The molecule has 0 aliphatic rings. The molecular formula is C22H18NO3+. The van der Waals surface area contributed by atoms with Gasteiger partial charge in [0.15, 0.2) is 11.8 Å². The Balaban J connectivity index is 1.90. The Hall–Kier alpha value is -3.40. The molecule has 0 N–H and O–H groups in total. The Morgan fingerprint density at radius 1 is 0.923 bits per heavy atom. The van der Waals surface area contributed by atoms with Gasteiger partial charge in [0.05, 0.1) is 12.5 Å². The van der Waals surface area contributed by atoms with Crippen LogP contribution in [-0.4, -0.2) is 7.11 Å². The summed E-state index contributed by atoms with van der Waals surface area (Å²) in [7, 11) is 1.61. The van der Waals surface area contributed by atoms with Gasteiger partial charge in [-0.05, 0) is 47.9 Å². The topological polar surface area (TPSA) is 43.3 Å². The minimum atomic E-state index is -0.418. The van der Waals surface area contributed by atoms with Gasteiger partial charge in [-0.3, -0.25) is 0 Å². The van der Waals surface area contributed by atoms with Crippen molar-refractivity contribution in [2.75, 3.05) is 7.11 Å². The molecule has 4 nitrogen and oxygen atoms in total. The average molecular weight is 344 g/mol. The van der Waals surface area contributed by atoms with Crippen LogP contribution in [0.5, 0.6) is 5.75 Å². The van der Waals surface area contributed by atoms with Crippen LogP contribution in [0.1, 0.15) is 5.56 Å². The fraction of sp³-hybridized carbons (Fsp3) is 0.0909. The summed E-state index contributed by atoms with van der Waals surface area (Å²) in [6, 6.07) is 21.5. The number of hydrogen-bond acceptors (Lipinski definition) is 3. The van der Waals surface area contributed by atoms with Crippen molar-refractivity contribution in [1.29, 1.82) is 0 Å². The van der Waals surface area contributed by atoms with Crippen molar-refractivity contribution in [1.82, 2.24) is 0 Å². The van der Waals surface area contributed by atoms with Gasteiger partial charge in [0.2, 0.25) is 5.69 Å². The fourth-order valence-corrected chi connectivity index (χ4v) is 3.08. The molecule has 4 aromatic rings. The first kappa shape index (κ1) is 16.1. The lowest BCUT2D eigenvalue weighted by Gasteiger charge is -2.06. The molecule has 1 aromatic heterocycles. The van der Waals surface area contributed by atoms with Crippen molar-refractivity contribution in [3.63, 3.8) is 0 Å². The molecule has 0 aliphatic heterocycles. The molecule has 3 aromatic carbocycles. The number of ether oxygens (including phenoxy) is 1. The Bertz CT molecular complexity index is 1130. The van der Waals surface area contributed by atoms with E-state index in [-0.39, 0.29) is 0 Å². The molecule has 0 fully saturated rings. The highest BCUT2D eigenvalue weighted by molar-refractivity contribution is 5.84. The van der Waals surface area contributed by atoms with Gasteiger partial charge in [-0.1, -0.05) is 34.9 Å². The van der Waals surface area contributed by atoms with E-state index in [0.717, 1.165) is 33.5 Å². The van der Waals surface area contributed by atoms with Crippen LogP contribution in [0.25, 0.3) is 27.8 Å². The summed E-state index contributed by atoms with van der Waals surface area (Å²) in [5.41, 5.74) is 4.48. The highest BCUT2D eigenvalue weighted by atomic mass is 16.5. The molecule has 0 saturated heterocycles. The van der Waals surface area contributed by atoms with E-state index < -0.39 is 5.76 Å². The van der Waals surface area contributed by atoms with Crippen LogP contribution in [0, 0.1) is 6.92 Å². The first-order valence-electron chi connectivity index (χ1n) is 8.36. The summed E-state index contributed by atoms with van der Waals surface area (Å²) in [5, 5.41) is 0.874. The second kappa shape index (κ2) is 6.48.